The van der Waals surface area contributed by atoms with Crippen LogP contribution in [0.5, 0.6) is 0 Å². The van der Waals surface area contributed by atoms with Gasteiger partial charge in [0.05, 0.1) is 0 Å². The molecule has 0 N–H and O–H groups in total. The highest BCUT2D eigenvalue weighted by Gasteiger charge is 1.98. The van der Waals surface area contributed by atoms with Crippen molar-refractivity contribution < 1.29 is 0 Å². The molecule has 1 heterocycles. The molecule has 0 saturated carbocycles. The lowest BCUT2D eigenvalue weighted by Crippen LogP contribution is -1.86. The van der Waals surface area contributed by atoms with E-state index in [4.69, 9.17) is 11.6 Å². The van der Waals surface area contributed by atoms with E-state index in [-0.39, 0.29) is 0 Å². The highest BCUT2D eigenvalue weighted by atomic mass is 35.5. The Kier molecular flexibility index (Phi) is 2.75. The van der Waals surface area contributed by atoms with Crippen molar-refractivity contribution in [2.75, 3.05) is 0 Å². The first-order valence-electron chi connectivity index (χ1n) is 4.32. The quantitative estimate of drug-likeness (QED) is 0.703. The number of alkyl halides is 1. The standard InChI is InChI=1S/C11H9ClN2/c12-8-9-2-4-10(5-3-9)11-13-6-1-7-14-11/h1-7H,8H2. The molecule has 0 saturated heterocycles. The Bertz CT molecular complexity index is 397. The molecule has 0 spiro atoms. The van der Waals surface area contributed by atoms with Crippen LogP contribution in [0.4, 0.5) is 0 Å². The first-order chi connectivity index (χ1) is 6.90. The second kappa shape index (κ2) is 4.20. The maximum atomic E-state index is 5.69. The molecular formula is C11H9ClN2. The van der Waals surface area contributed by atoms with Gasteiger partial charge in [-0.15, -0.1) is 11.6 Å². The van der Waals surface area contributed by atoms with Gasteiger partial charge in [-0.05, 0) is 11.6 Å². The summed E-state index contributed by atoms with van der Waals surface area (Å²) < 4.78 is 0. The van der Waals surface area contributed by atoms with Crippen molar-refractivity contribution in [3.8, 4) is 11.4 Å². The fraction of sp³-hybridized carbons (Fsp3) is 0.0909. The van der Waals surface area contributed by atoms with Crippen LogP contribution in [0.1, 0.15) is 5.56 Å². The molecule has 0 amide bonds. The molecule has 0 bridgehead atoms. The van der Waals surface area contributed by atoms with Crippen LogP contribution in [-0.2, 0) is 5.88 Å². The molecule has 3 heteroatoms. The van der Waals surface area contributed by atoms with E-state index in [2.05, 4.69) is 9.97 Å². The molecule has 0 aliphatic rings. The molecule has 14 heavy (non-hydrogen) atoms. The van der Waals surface area contributed by atoms with Crippen LogP contribution in [0.3, 0.4) is 0 Å². The van der Waals surface area contributed by atoms with Gasteiger partial charge in [0, 0.05) is 23.8 Å². The van der Waals surface area contributed by atoms with Crippen LogP contribution in [-0.4, -0.2) is 9.97 Å². The zero-order valence-corrected chi connectivity index (χ0v) is 8.28. The zero-order valence-electron chi connectivity index (χ0n) is 7.52. The fourth-order valence-corrected chi connectivity index (χ4v) is 1.37. The highest BCUT2D eigenvalue weighted by molar-refractivity contribution is 6.17. The summed E-state index contributed by atoms with van der Waals surface area (Å²) in [5, 5.41) is 0. The van der Waals surface area contributed by atoms with Crippen LogP contribution in [0, 0.1) is 0 Å². The van der Waals surface area contributed by atoms with Crippen molar-refractivity contribution in [2.24, 2.45) is 0 Å². The molecule has 0 aliphatic heterocycles. The predicted molar refractivity (Wildman–Crippen MR) is 57.0 cm³/mol. The molecule has 1 aromatic carbocycles. The maximum absolute atomic E-state index is 5.69. The van der Waals surface area contributed by atoms with Gasteiger partial charge in [-0.3, -0.25) is 0 Å². The van der Waals surface area contributed by atoms with Crippen LogP contribution >= 0.6 is 11.6 Å². The SMILES string of the molecule is ClCc1ccc(-c2ncccn2)cc1. The van der Waals surface area contributed by atoms with E-state index in [1.54, 1.807) is 18.5 Å². The van der Waals surface area contributed by atoms with Crippen molar-refractivity contribution in [1.29, 1.82) is 0 Å². The summed E-state index contributed by atoms with van der Waals surface area (Å²) in [5.74, 6) is 1.28. The molecule has 0 unspecified atom stereocenters. The second-order valence-electron chi connectivity index (χ2n) is 2.90. The number of rotatable bonds is 2. The van der Waals surface area contributed by atoms with E-state index in [9.17, 15) is 0 Å². The van der Waals surface area contributed by atoms with Crippen molar-refractivity contribution in [1.82, 2.24) is 9.97 Å². The van der Waals surface area contributed by atoms with E-state index in [1.807, 2.05) is 24.3 Å². The van der Waals surface area contributed by atoms with Gasteiger partial charge in [-0.25, -0.2) is 9.97 Å². The molecular weight excluding hydrogens is 196 g/mol. The molecule has 0 radical (unpaired) electrons. The minimum absolute atomic E-state index is 0.538. The van der Waals surface area contributed by atoms with Crippen molar-refractivity contribution in [3.05, 3.63) is 48.3 Å². The Morgan fingerprint density at radius 1 is 1.00 bits per heavy atom. The summed E-state index contributed by atoms with van der Waals surface area (Å²) in [5.41, 5.74) is 2.12. The van der Waals surface area contributed by atoms with Gasteiger partial charge in [-0.2, -0.15) is 0 Å². The first kappa shape index (κ1) is 9.16. The number of halogens is 1. The predicted octanol–water partition coefficient (Wildman–Crippen LogP) is 2.88. The summed E-state index contributed by atoms with van der Waals surface area (Å²) in [6.07, 6.45) is 3.47. The summed E-state index contributed by atoms with van der Waals surface area (Å²) >= 11 is 5.69. The first-order valence-corrected chi connectivity index (χ1v) is 4.86. The summed E-state index contributed by atoms with van der Waals surface area (Å²) in [7, 11) is 0. The highest BCUT2D eigenvalue weighted by Crippen LogP contribution is 2.15. The van der Waals surface area contributed by atoms with Crippen LogP contribution < -0.4 is 0 Å². The molecule has 2 rings (SSSR count). The number of nitrogens with zero attached hydrogens (tertiary/aromatic N) is 2. The molecule has 2 nitrogen and oxygen atoms in total. The summed E-state index contributed by atoms with van der Waals surface area (Å²) in [4.78, 5) is 8.32. The third-order valence-electron chi connectivity index (χ3n) is 1.93. The number of hydrogen-bond acceptors (Lipinski definition) is 2. The monoisotopic (exact) mass is 204 g/mol. The number of hydrogen-bond donors (Lipinski definition) is 0. The fourth-order valence-electron chi connectivity index (χ4n) is 1.19. The Morgan fingerprint density at radius 2 is 1.64 bits per heavy atom. The van der Waals surface area contributed by atoms with Crippen LogP contribution in [0.15, 0.2) is 42.7 Å². The van der Waals surface area contributed by atoms with E-state index in [1.165, 1.54) is 0 Å². The average Bonchev–Trinajstić information content (AvgIpc) is 2.30. The average molecular weight is 205 g/mol. The van der Waals surface area contributed by atoms with Gasteiger partial charge in [0.25, 0.3) is 0 Å². The van der Waals surface area contributed by atoms with Crippen molar-refractivity contribution in [2.45, 2.75) is 5.88 Å². The zero-order chi connectivity index (χ0) is 9.80. The molecule has 0 aliphatic carbocycles. The lowest BCUT2D eigenvalue weighted by atomic mass is 10.1. The van der Waals surface area contributed by atoms with Gasteiger partial charge in [0.1, 0.15) is 0 Å². The van der Waals surface area contributed by atoms with Gasteiger partial charge >= 0.3 is 0 Å². The van der Waals surface area contributed by atoms with Crippen LogP contribution in [0.25, 0.3) is 11.4 Å². The minimum Gasteiger partial charge on any atom is -0.237 e. The second-order valence-corrected chi connectivity index (χ2v) is 3.17. The Hall–Kier alpha value is -1.41. The van der Waals surface area contributed by atoms with Gasteiger partial charge in [0.2, 0.25) is 0 Å². The number of benzene rings is 1. The van der Waals surface area contributed by atoms with E-state index < -0.39 is 0 Å². The van der Waals surface area contributed by atoms with E-state index in [0.29, 0.717) is 5.88 Å². The topological polar surface area (TPSA) is 25.8 Å². The van der Waals surface area contributed by atoms with Crippen molar-refractivity contribution in [3.63, 3.8) is 0 Å². The third kappa shape index (κ3) is 1.91. The third-order valence-corrected chi connectivity index (χ3v) is 2.24. The molecule has 0 fully saturated rings. The summed E-state index contributed by atoms with van der Waals surface area (Å²) in [6.45, 7) is 0. The van der Waals surface area contributed by atoms with E-state index >= 15 is 0 Å². The van der Waals surface area contributed by atoms with Gasteiger partial charge in [-0.1, -0.05) is 24.3 Å². The van der Waals surface area contributed by atoms with Gasteiger partial charge in [0.15, 0.2) is 5.82 Å². The normalized spacial score (nSPS) is 10.1. The minimum atomic E-state index is 0.538. The van der Waals surface area contributed by atoms with Crippen molar-refractivity contribution >= 4 is 11.6 Å². The molecule has 0 atom stereocenters. The Balaban J connectivity index is 2.34. The Labute approximate surface area is 87.6 Å². The summed E-state index contributed by atoms with van der Waals surface area (Å²) in [6, 6.07) is 9.73. The molecule has 70 valence electrons. The van der Waals surface area contributed by atoms with Gasteiger partial charge < -0.3 is 0 Å². The maximum Gasteiger partial charge on any atom is 0.159 e. The smallest absolute Gasteiger partial charge is 0.159 e. The largest absolute Gasteiger partial charge is 0.237 e. The molecule has 1 aromatic heterocycles. The van der Waals surface area contributed by atoms with Crippen LogP contribution in [0.2, 0.25) is 0 Å². The lowest BCUT2D eigenvalue weighted by molar-refractivity contribution is 1.17. The number of aromatic nitrogens is 2. The molecule has 2 aromatic rings. The lowest BCUT2D eigenvalue weighted by Gasteiger charge is -1.99. The van der Waals surface area contributed by atoms with E-state index in [0.717, 1.165) is 17.0 Å². The Morgan fingerprint density at radius 3 is 2.21 bits per heavy atom.